The third-order valence-electron chi connectivity index (χ3n) is 1.81. The maximum atomic E-state index is 13.4. The number of carbonyl (C=O) groups is 1. The topological polar surface area (TPSA) is 26.3 Å². The molecule has 0 saturated carbocycles. The van der Waals surface area contributed by atoms with Crippen molar-refractivity contribution in [2.24, 2.45) is 0 Å². The highest BCUT2D eigenvalue weighted by molar-refractivity contribution is 9.16. The lowest BCUT2D eigenvalue weighted by Gasteiger charge is -2.06. The van der Waals surface area contributed by atoms with Crippen LogP contribution in [-0.2, 0) is 9.53 Å². The minimum absolute atomic E-state index is 0.0462. The highest BCUT2D eigenvalue weighted by Gasteiger charge is 2.16. The van der Waals surface area contributed by atoms with Gasteiger partial charge in [-0.15, -0.1) is 0 Å². The zero-order valence-corrected chi connectivity index (χ0v) is 11.9. The Morgan fingerprint density at radius 1 is 1.35 bits per heavy atom. The van der Waals surface area contributed by atoms with Gasteiger partial charge in [0.2, 0.25) is 0 Å². The van der Waals surface area contributed by atoms with Gasteiger partial charge < -0.3 is 4.74 Å². The summed E-state index contributed by atoms with van der Waals surface area (Å²) in [7, 11) is 0. The van der Waals surface area contributed by atoms with Crippen molar-refractivity contribution in [2.75, 3.05) is 6.61 Å². The first kappa shape index (κ1) is 14.3. The van der Waals surface area contributed by atoms with E-state index in [1.165, 1.54) is 6.07 Å². The van der Waals surface area contributed by atoms with Crippen molar-refractivity contribution >= 4 is 42.3 Å². The Kier molecular flexibility index (Phi) is 5.27. The molecule has 6 heteroatoms. The van der Waals surface area contributed by atoms with Crippen LogP contribution in [-0.4, -0.2) is 12.6 Å². The van der Waals surface area contributed by atoms with Gasteiger partial charge in [-0.2, -0.15) is 0 Å². The Balaban J connectivity index is 3.14. The Morgan fingerprint density at radius 2 is 2.00 bits per heavy atom. The lowest BCUT2D eigenvalue weighted by molar-refractivity contribution is -0.137. The molecule has 2 nitrogen and oxygen atoms in total. The van der Waals surface area contributed by atoms with Gasteiger partial charge in [-0.1, -0.05) is 0 Å². The first-order chi connectivity index (χ1) is 7.97. The summed E-state index contributed by atoms with van der Waals surface area (Å²) in [5.74, 6) is -2.07. The van der Waals surface area contributed by atoms with E-state index < -0.39 is 17.6 Å². The van der Waals surface area contributed by atoms with Crippen molar-refractivity contribution in [3.05, 3.63) is 39.9 Å². The molecule has 1 rings (SSSR count). The van der Waals surface area contributed by atoms with E-state index in [0.29, 0.717) is 0 Å². The molecule has 17 heavy (non-hydrogen) atoms. The molecule has 0 radical (unpaired) electrons. The van der Waals surface area contributed by atoms with Gasteiger partial charge in [-0.3, -0.25) is 0 Å². The number of hydrogen-bond acceptors (Lipinski definition) is 2. The molecule has 1 aromatic carbocycles. The fraction of sp³-hybridized carbons (Fsp3) is 0.182. The molecule has 0 bridgehead atoms. The van der Waals surface area contributed by atoms with E-state index in [-0.39, 0.29) is 21.1 Å². The van der Waals surface area contributed by atoms with Gasteiger partial charge in [0.15, 0.2) is 0 Å². The lowest BCUT2D eigenvalue weighted by atomic mass is 10.2. The molecule has 0 aliphatic carbocycles. The van der Waals surface area contributed by atoms with E-state index in [2.05, 4.69) is 31.9 Å². The van der Waals surface area contributed by atoms with Crippen molar-refractivity contribution in [3.8, 4) is 0 Å². The Hall–Kier alpha value is -0.750. The maximum Gasteiger partial charge on any atom is 0.346 e. The summed E-state index contributed by atoms with van der Waals surface area (Å²) in [6, 6.07) is 3.07. The van der Waals surface area contributed by atoms with Gasteiger partial charge in [0, 0.05) is 16.1 Å². The van der Waals surface area contributed by atoms with E-state index in [9.17, 15) is 13.6 Å². The van der Waals surface area contributed by atoms with E-state index >= 15 is 0 Å². The van der Waals surface area contributed by atoms with Crippen LogP contribution in [0.2, 0.25) is 0 Å². The maximum absolute atomic E-state index is 13.4. The predicted octanol–water partition coefficient (Wildman–Crippen LogP) is 3.99. The largest absolute Gasteiger partial charge is 0.462 e. The van der Waals surface area contributed by atoms with Crippen LogP contribution in [0.5, 0.6) is 0 Å². The third-order valence-corrected chi connectivity index (χ3v) is 3.89. The number of ether oxygens (including phenoxy) is 1. The van der Waals surface area contributed by atoms with Crippen LogP contribution in [0.15, 0.2) is 22.7 Å². The standard InChI is InChI=1S/C11H8Br2F2O2/c1-2-17-11(16)10(13)9(12)7-4-3-6(14)5-8(7)15/h3-5H,2H2,1H3. The fourth-order valence-corrected chi connectivity index (χ4v) is 1.88. The first-order valence-electron chi connectivity index (χ1n) is 4.65. The minimum atomic E-state index is -0.766. The second-order valence-corrected chi connectivity index (χ2v) is 4.56. The molecule has 92 valence electrons. The van der Waals surface area contributed by atoms with Crippen LogP contribution in [0.1, 0.15) is 12.5 Å². The molecule has 0 unspecified atom stereocenters. The molecule has 0 aromatic heterocycles. The number of benzene rings is 1. The van der Waals surface area contributed by atoms with Crippen LogP contribution in [0.3, 0.4) is 0 Å². The van der Waals surface area contributed by atoms with Crippen LogP contribution >= 0.6 is 31.9 Å². The van der Waals surface area contributed by atoms with Crippen molar-refractivity contribution < 1.29 is 18.3 Å². The molecule has 0 aliphatic heterocycles. The normalized spacial score (nSPS) is 12.1. The smallest absolute Gasteiger partial charge is 0.346 e. The summed E-state index contributed by atoms with van der Waals surface area (Å²) < 4.78 is 31.1. The molecular formula is C11H8Br2F2O2. The minimum Gasteiger partial charge on any atom is -0.462 e. The molecule has 0 fully saturated rings. The van der Waals surface area contributed by atoms with Gasteiger partial charge in [-0.25, -0.2) is 13.6 Å². The van der Waals surface area contributed by atoms with E-state index in [1.54, 1.807) is 6.92 Å². The van der Waals surface area contributed by atoms with Crippen LogP contribution in [0.25, 0.3) is 4.48 Å². The van der Waals surface area contributed by atoms with Gasteiger partial charge in [-0.05, 0) is 50.9 Å². The Labute approximate surface area is 114 Å². The second-order valence-electron chi connectivity index (χ2n) is 2.97. The van der Waals surface area contributed by atoms with Crippen molar-refractivity contribution in [2.45, 2.75) is 6.92 Å². The molecule has 0 atom stereocenters. The van der Waals surface area contributed by atoms with Crippen LogP contribution in [0.4, 0.5) is 8.78 Å². The first-order valence-corrected chi connectivity index (χ1v) is 6.23. The number of halogens is 4. The predicted molar refractivity (Wildman–Crippen MR) is 67.8 cm³/mol. The molecule has 0 spiro atoms. The van der Waals surface area contributed by atoms with Crippen LogP contribution in [0, 0.1) is 11.6 Å². The van der Waals surface area contributed by atoms with Crippen molar-refractivity contribution in [1.29, 1.82) is 0 Å². The zero-order chi connectivity index (χ0) is 13.0. The molecule has 0 heterocycles. The monoisotopic (exact) mass is 368 g/mol. The average molecular weight is 370 g/mol. The highest BCUT2D eigenvalue weighted by atomic mass is 79.9. The number of hydrogen-bond donors (Lipinski definition) is 0. The fourth-order valence-electron chi connectivity index (χ4n) is 1.07. The quantitative estimate of drug-likeness (QED) is 0.595. The highest BCUT2D eigenvalue weighted by Crippen LogP contribution is 2.31. The summed E-state index contributed by atoms with van der Waals surface area (Å²) in [6.07, 6.45) is 0. The van der Waals surface area contributed by atoms with Gasteiger partial charge in [0.1, 0.15) is 16.1 Å². The summed E-state index contributed by atoms with van der Waals surface area (Å²) in [6.45, 7) is 1.87. The SMILES string of the molecule is CCOC(=O)C(Br)=C(Br)c1ccc(F)cc1F. The molecular weight excluding hydrogens is 362 g/mol. The Morgan fingerprint density at radius 3 is 2.53 bits per heavy atom. The number of esters is 1. The van der Waals surface area contributed by atoms with E-state index in [0.717, 1.165) is 12.1 Å². The zero-order valence-electron chi connectivity index (χ0n) is 8.77. The molecule has 0 saturated heterocycles. The van der Waals surface area contributed by atoms with Gasteiger partial charge in [0.05, 0.1) is 6.61 Å². The summed E-state index contributed by atoms with van der Waals surface area (Å²) in [4.78, 5) is 11.4. The molecule has 0 aliphatic rings. The Bertz CT molecular complexity index is 473. The summed E-state index contributed by atoms with van der Waals surface area (Å²) >= 11 is 6.06. The van der Waals surface area contributed by atoms with E-state index in [4.69, 9.17) is 4.74 Å². The van der Waals surface area contributed by atoms with Gasteiger partial charge in [0.25, 0.3) is 0 Å². The number of carbonyl (C=O) groups excluding carboxylic acids is 1. The van der Waals surface area contributed by atoms with Crippen molar-refractivity contribution in [1.82, 2.24) is 0 Å². The summed E-state index contributed by atoms with van der Waals surface area (Å²) in [5.41, 5.74) is 0.0753. The number of rotatable bonds is 3. The molecule has 1 aromatic rings. The molecule has 0 N–H and O–H groups in total. The molecule has 0 amide bonds. The second kappa shape index (κ2) is 6.26. The average Bonchev–Trinajstić information content (AvgIpc) is 2.27. The van der Waals surface area contributed by atoms with E-state index in [1.807, 2.05) is 0 Å². The lowest BCUT2D eigenvalue weighted by Crippen LogP contribution is -2.04. The van der Waals surface area contributed by atoms with Crippen LogP contribution < -0.4 is 0 Å². The van der Waals surface area contributed by atoms with Crippen molar-refractivity contribution in [3.63, 3.8) is 0 Å². The van der Waals surface area contributed by atoms with Gasteiger partial charge >= 0.3 is 5.97 Å². The summed E-state index contributed by atoms with van der Waals surface area (Å²) in [5, 5.41) is 0. The third kappa shape index (κ3) is 3.61.